The molecule has 1 unspecified atom stereocenters. The first-order chi connectivity index (χ1) is 12.5. The molecule has 0 aliphatic rings. The largest absolute Gasteiger partial charge is 0.461 e. The molecule has 0 fully saturated rings. The zero-order chi connectivity index (χ0) is 18.9. The highest BCUT2D eigenvalue weighted by atomic mass is 79.9. The maximum Gasteiger partial charge on any atom is 0.354 e. The number of carbonyl (C=O) groups excluding carboxylic acids is 1. The van der Waals surface area contributed by atoms with Gasteiger partial charge in [0.2, 0.25) is 0 Å². The molecular weight excluding hydrogens is 396 g/mol. The SMILES string of the molecule is C=C(C/C(=N\Nc1cccc(Br)c1)C(=O)OCC)C(O)c1ccccc1. The van der Waals surface area contributed by atoms with E-state index < -0.39 is 12.1 Å². The van der Waals surface area contributed by atoms with Crippen LogP contribution in [0.1, 0.15) is 25.0 Å². The van der Waals surface area contributed by atoms with Crippen molar-refractivity contribution in [2.24, 2.45) is 5.10 Å². The van der Waals surface area contributed by atoms with Crippen molar-refractivity contribution in [1.29, 1.82) is 0 Å². The average Bonchev–Trinajstić information content (AvgIpc) is 2.65. The maximum atomic E-state index is 12.2. The van der Waals surface area contributed by atoms with Crippen LogP contribution in [0, 0.1) is 0 Å². The van der Waals surface area contributed by atoms with E-state index in [2.05, 4.69) is 33.0 Å². The van der Waals surface area contributed by atoms with Crippen molar-refractivity contribution in [1.82, 2.24) is 0 Å². The zero-order valence-corrected chi connectivity index (χ0v) is 16.1. The number of carbonyl (C=O) groups is 1. The van der Waals surface area contributed by atoms with Gasteiger partial charge in [0, 0.05) is 10.9 Å². The average molecular weight is 417 g/mol. The van der Waals surface area contributed by atoms with Gasteiger partial charge in [-0.3, -0.25) is 5.43 Å². The Morgan fingerprint density at radius 3 is 2.65 bits per heavy atom. The molecule has 0 heterocycles. The van der Waals surface area contributed by atoms with E-state index >= 15 is 0 Å². The summed E-state index contributed by atoms with van der Waals surface area (Å²) in [6.07, 6.45) is -0.794. The van der Waals surface area contributed by atoms with Crippen LogP contribution >= 0.6 is 15.9 Å². The van der Waals surface area contributed by atoms with Gasteiger partial charge in [0.25, 0.3) is 0 Å². The van der Waals surface area contributed by atoms with E-state index in [0.29, 0.717) is 11.1 Å². The van der Waals surface area contributed by atoms with Crippen molar-refractivity contribution in [2.45, 2.75) is 19.4 Å². The Bertz CT molecular complexity index is 791. The highest BCUT2D eigenvalue weighted by Gasteiger charge is 2.19. The summed E-state index contributed by atoms with van der Waals surface area (Å²) >= 11 is 3.38. The summed E-state index contributed by atoms with van der Waals surface area (Å²) in [7, 11) is 0. The van der Waals surface area contributed by atoms with E-state index in [-0.39, 0.29) is 18.7 Å². The molecule has 0 amide bonds. The zero-order valence-electron chi connectivity index (χ0n) is 14.5. The van der Waals surface area contributed by atoms with Crippen LogP contribution in [0.3, 0.4) is 0 Å². The van der Waals surface area contributed by atoms with Gasteiger partial charge in [-0.2, -0.15) is 5.10 Å². The summed E-state index contributed by atoms with van der Waals surface area (Å²) in [5, 5.41) is 14.6. The van der Waals surface area contributed by atoms with Crippen molar-refractivity contribution < 1.29 is 14.6 Å². The molecule has 0 aliphatic carbocycles. The number of anilines is 1. The number of esters is 1. The van der Waals surface area contributed by atoms with Crippen LogP contribution in [0.15, 0.2) is 76.3 Å². The molecule has 0 bridgehead atoms. The second-order valence-electron chi connectivity index (χ2n) is 5.55. The molecule has 5 nitrogen and oxygen atoms in total. The summed E-state index contributed by atoms with van der Waals surface area (Å²) in [6.45, 7) is 5.87. The smallest absolute Gasteiger partial charge is 0.354 e. The van der Waals surface area contributed by atoms with E-state index in [1.807, 2.05) is 42.5 Å². The molecule has 2 rings (SSSR count). The second kappa shape index (κ2) is 9.89. The van der Waals surface area contributed by atoms with Crippen molar-refractivity contribution in [3.8, 4) is 0 Å². The van der Waals surface area contributed by atoms with Gasteiger partial charge in [-0.25, -0.2) is 4.79 Å². The van der Waals surface area contributed by atoms with E-state index in [1.165, 1.54) is 0 Å². The van der Waals surface area contributed by atoms with Gasteiger partial charge in [-0.05, 0) is 36.3 Å². The Labute approximate surface area is 161 Å². The monoisotopic (exact) mass is 416 g/mol. The summed E-state index contributed by atoms with van der Waals surface area (Å²) in [5.41, 5.74) is 4.87. The van der Waals surface area contributed by atoms with Crippen LogP contribution in [0.5, 0.6) is 0 Å². The highest BCUT2D eigenvalue weighted by Crippen LogP contribution is 2.23. The second-order valence-corrected chi connectivity index (χ2v) is 6.47. The molecule has 0 radical (unpaired) electrons. The Morgan fingerprint density at radius 1 is 1.27 bits per heavy atom. The summed E-state index contributed by atoms with van der Waals surface area (Å²) in [4.78, 5) is 12.2. The third-order valence-electron chi connectivity index (χ3n) is 3.55. The fraction of sp³-hybridized carbons (Fsp3) is 0.200. The van der Waals surface area contributed by atoms with Crippen molar-refractivity contribution in [2.75, 3.05) is 12.0 Å². The number of hydrogen-bond donors (Lipinski definition) is 2. The molecule has 6 heteroatoms. The molecule has 0 spiro atoms. The lowest BCUT2D eigenvalue weighted by atomic mass is 9.98. The van der Waals surface area contributed by atoms with Gasteiger partial charge in [0.15, 0.2) is 0 Å². The molecule has 2 aromatic rings. The lowest BCUT2D eigenvalue weighted by Gasteiger charge is -2.15. The molecule has 0 saturated heterocycles. The number of nitrogens with zero attached hydrogens (tertiary/aromatic N) is 1. The molecule has 0 saturated carbocycles. The Morgan fingerprint density at radius 2 is 2.00 bits per heavy atom. The first kappa shape index (κ1) is 19.9. The summed E-state index contributed by atoms with van der Waals surface area (Å²) in [5.74, 6) is -0.545. The highest BCUT2D eigenvalue weighted by molar-refractivity contribution is 9.10. The predicted molar refractivity (Wildman–Crippen MR) is 107 cm³/mol. The summed E-state index contributed by atoms with van der Waals surface area (Å²) in [6, 6.07) is 16.5. The number of nitrogens with one attached hydrogen (secondary N) is 1. The van der Waals surface area contributed by atoms with Gasteiger partial charge in [-0.1, -0.05) is 58.9 Å². The van der Waals surface area contributed by atoms with Crippen LogP contribution in [-0.4, -0.2) is 23.4 Å². The third kappa shape index (κ3) is 5.82. The van der Waals surface area contributed by atoms with E-state index in [1.54, 1.807) is 19.1 Å². The fourth-order valence-electron chi connectivity index (χ4n) is 2.24. The van der Waals surface area contributed by atoms with Crippen LogP contribution in [0.25, 0.3) is 0 Å². The predicted octanol–water partition coefficient (Wildman–Crippen LogP) is 4.46. The minimum absolute atomic E-state index is 0.0932. The summed E-state index contributed by atoms with van der Waals surface area (Å²) < 4.78 is 5.95. The number of ether oxygens (including phenoxy) is 1. The standard InChI is InChI=1S/C20H21BrN2O3/c1-3-26-20(25)18(23-22-17-11-7-10-16(21)13-17)12-14(2)19(24)15-8-5-4-6-9-15/h4-11,13,19,22,24H,2-3,12H2,1H3/b23-18+. The fourth-order valence-corrected chi connectivity index (χ4v) is 2.64. The van der Waals surface area contributed by atoms with E-state index in [4.69, 9.17) is 4.74 Å². The molecule has 0 aliphatic heterocycles. The minimum Gasteiger partial charge on any atom is -0.461 e. The third-order valence-corrected chi connectivity index (χ3v) is 4.05. The minimum atomic E-state index is -0.887. The van der Waals surface area contributed by atoms with Gasteiger partial charge in [0.1, 0.15) is 11.8 Å². The molecule has 2 N–H and O–H groups in total. The maximum absolute atomic E-state index is 12.2. The number of hydrazone groups is 1. The Kier molecular flexibility index (Phi) is 7.56. The number of benzene rings is 2. The van der Waals surface area contributed by atoms with Gasteiger partial charge >= 0.3 is 5.97 Å². The molecule has 2 aromatic carbocycles. The van der Waals surface area contributed by atoms with Crippen molar-refractivity contribution in [3.05, 3.63) is 76.8 Å². The van der Waals surface area contributed by atoms with Crippen molar-refractivity contribution >= 4 is 33.3 Å². The molecule has 0 aromatic heterocycles. The normalized spacial score (nSPS) is 12.3. The van der Waals surface area contributed by atoms with Gasteiger partial charge in [0.05, 0.1) is 12.3 Å². The van der Waals surface area contributed by atoms with Crippen LogP contribution < -0.4 is 5.43 Å². The van der Waals surface area contributed by atoms with Gasteiger partial charge in [-0.15, -0.1) is 0 Å². The first-order valence-corrected chi connectivity index (χ1v) is 8.96. The molecule has 136 valence electrons. The first-order valence-electron chi connectivity index (χ1n) is 8.17. The number of aliphatic hydroxyl groups is 1. The quantitative estimate of drug-likeness (QED) is 0.288. The van der Waals surface area contributed by atoms with Crippen LogP contribution in [0.4, 0.5) is 5.69 Å². The Balaban J connectivity index is 2.15. The van der Waals surface area contributed by atoms with Crippen LogP contribution in [-0.2, 0) is 9.53 Å². The molecular formula is C20H21BrN2O3. The topological polar surface area (TPSA) is 70.9 Å². The number of aliphatic hydroxyl groups excluding tert-OH is 1. The van der Waals surface area contributed by atoms with Crippen molar-refractivity contribution in [3.63, 3.8) is 0 Å². The van der Waals surface area contributed by atoms with Gasteiger partial charge < -0.3 is 9.84 Å². The Hall–Kier alpha value is -2.44. The number of rotatable bonds is 8. The molecule has 26 heavy (non-hydrogen) atoms. The lowest BCUT2D eigenvalue weighted by molar-refractivity contribution is -0.135. The van der Waals surface area contributed by atoms with E-state index in [9.17, 15) is 9.90 Å². The van der Waals surface area contributed by atoms with E-state index in [0.717, 1.165) is 10.2 Å². The lowest BCUT2D eigenvalue weighted by Crippen LogP contribution is -2.21. The number of hydrogen-bond acceptors (Lipinski definition) is 5. The van der Waals surface area contributed by atoms with Crippen LogP contribution in [0.2, 0.25) is 0 Å². The number of halogens is 1. The molecule has 1 atom stereocenters.